The summed E-state index contributed by atoms with van der Waals surface area (Å²) in [4.78, 5) is 40.0. The molecular formula is C39H42FN7O4. The van der Waals surface area contributed by atoms with Gasteiger partial charge in [-0.05, 0) is 61.4 Å². The molecule has 3 N–H and O–H groups in total. The highest BCUT2D eigenvalue weighted by atomic mass is 19.1. The zero-order valence-electron chi connectivity index (χ0n) is 29.1. The summed E-state index contributed by atoms with van der Waals surface area (Å²) < 4.78 is 28.1. The van der Waals surface area contributed by atoms with Gasteiger partial charge in [-0.25, -0.2) is 14.4 Å². The summed E-state index contributed by atoms with van der Waals surface area (Å²) in [6.07, 6.45) is 6.28. The van der Waals surface area contributed by atoms with Crippen LogP contribution in [0.25, 0.3) is 33.6 Å². The predicted octanol–water partition coefficient (Wildman–Crippen LogP) is 4.66. The number of fused-ring (bicyclic) bond motifs is 1. The lowest BCUT2D eigenvalue weighted by molar-refractivity contribution is -0.121. The van der Waals surface area contributed by atoms with Gasteiger partial charge in [-0.1, -0.05) is 30.3 Å². The van der Waals surface area contributed by atoms with E-state index in [1.54, 1.807) is 32.5 Å². The Hall–Kier alpha value is -4.94. The van der Waals surface area contributed by atoms with E-state index in [9.17, 15) is 9.59 Å². The van der Waals surface area contributed by atoms with Crippen molar-refractivity contribution in [3.63, 3.8) is 0 Å². The van der Waals surface area contributed by atoms with Crippen molar-refractivity contribution < 1.29 is 23.5 Å². The van der Waals surface area contributed by atoms with E-state index in [0.29, 0.717) is 60.2 Å². The van der Waals surface area contributed by atoms with E-state index in [-0.39, 0.29) is 35.3 Å². The Labute approximate surface area is 296 Å². The number of aromatic nitrogens is 3. The van der Waals surface area contributed by atoms with Crippen LogP contribution in [0, 0.1) is 12.7 Å². The Morgan fingerprint density at radius 3 is 2.39 bits per heavy atom. The number of hydrogen-bond acceptors (Lipinski definition) is 9. The number of nitrogens with one attached hydrogen (secondary N) is 3. The van der Waals surface area contributed by atoms with Crippen molar-refractivity contribution in [3.8, 4) is 45.4 Å². The molecule has 1 aliphatic carbocycles. The number of ether oxygens (including phenoxy) is 2. The number of pyridine rings is 1. The quantitative estimate of drug-likeness (QED) is 0.218. The molecule has 51 heavy (non-hydrogen) atoms. The minimum atomic E-state index is -0.360. The fourth-order valence-electron chi connectivity index (χ4n) is 8.30. The molecular weight excluding hydrogens is 649 g/mol. The number of hydrogen-bond donors (Lipinski definition) is 3. The van der Waals surface area contributed by atoms with Crippen molar-refractivity contribution in [3.05, 3.63) is 76.9 Å². The van der Waals surface area contributed by atoms with Gasteiger partial charge in [-0.2, -0.15) is 0 Å². The van der Waals surface area contributed by atoms with Crippen molar-refractivity contribution in [2.24, 2.45) is 0 Å². The molecule has 1 spiro atoms. The smallest absolute Gasteiger partial charge is 0.237 e. The van der Waals surface area contributed by atoms with Crippen LogP contribution in [-0.4, -0.2) is 77.1 Å². The van der Waals surface area contributed by atoms with Crippen LogP contribution in [-0.2, 0) is 22.6 Å². The van der Waals surface area contributed by atoms with Crippen molar-refractivity contribution in [1.82, 2.24) is 35.8 Å². The van der Waals surface area contributed by atoms with Crippen LogP contribution in [0.4, 0.5) is 4.39 Å². The minimum absolute atomic E-state index is 0.0513. The van der Waals surface area contributed by atoms with Crippen LogP contribution in [0.2, 0.25) is 0 Å². The van der Waals surface area contributed by atoms with Crippen molar-refractivity contribution in [2.45, 2.75) is 69.6 Å². The first-order chi connectivity index (χ1) is 24.7. The molecule has 0 bridgehead atoms. The van der Waals surface area contributed by atoms with Gasteiger partial charge in [-0.3, -0.25) is 19.5 Å². The standard InChI is InChI=1S/C39H42FN7O4/c1-22-25(6-4-7-26(22)31-18-42-32(37(45-31)50-2)19-47-20-39(21-47)15-14-34(49)46-39)27-8-5-9-28(36(27)40)30-16-23-10-12-29(35(23)38(44-30)51-3)41-17-24-11-13-33(48)43-24/h4-9,16,18,24,29,41H,10-15,17,19-21H2,1-3H3,(H,43,48)(H,46,49). The van der Waals surface area contributed by atoms with E-state index in [1.165, 1.54) is 0 Å². The van der Waals surface area contributed by atoms with Gasteiger partial charge in [0.05, 0.1) is 37.3 Å². The van der Waals surface area contributed by atoms with Crippen molar-refractivity contribution in [1.29, 1.82) is 0 Å². The second-order valence-electron chi connectivity index (χ2n) is 14.2. The highest BCUT2D eigenvalue weighted by Gasteiger charge is 2.47. The molecule has 2 atom stereocenters. The number of halogens is 1. The molecule has 3 saturated heterocycles. The van der Waals surface area contributed by atoms with Gasteiger partial charge >= 0.3 is 0 Å². The van der Waals surface area contributed by atoms with E-state index in [4.69, 9.17) is 24.4 Å². The Kier molecular flexibility index (Phi) is 8.67. The van der Waals surface area contributed by atoms with Gasteiger partial charge < -0.3 is 25.4 Å². The molecule has 264 valence electrons. The van der Waals surface area contributed by atoms with E-state index < -0.39 is 0 Å². The average Bonchev–Trinajstić information content (AvgIpc) is 3.85. The molecule has 4 aromatic rings. The summed E-state index contributed by atoms with van der Waals surface area (Å²) in [7, 11) is 3.19. The van der Waals surface area contributed by atoms with E-state index >= 15 is 4.39 Å². The molecule has 8 rings (SSSR count). The summed E-state index contributed by atoms with van der Waals surface area (Å²) in [5, 5.41) is 9.73. The van der Waals surface area contributed by atoms with E-state index in [1.807, 2.05) is 37.3 Å². The summed E-state index contributed by atoms with van der Waals surface area (Å²) in [5.74, 6) is 0.797. The number of nitrogens with zero attached hydrogens (tertiary/aromatic N) is 4. The van der Waals surface area contributed by atoms with Crippen LogP contribution < -0.4 is 25.4 Å². The lowest BCUT2D eigenvalue weighted by Crippen LogP contribution is -2.66. The Morgan fingerprint density at radius 2 is 1.67 bits per heavy atom. The highest BCUT2D eigenvalue weighted by molar-refractivity contribution is 5.81. The zero-order chi connectivity index (χ0) is 35.3. The van der Waals surface area contributed by atoms with Gasteiger partial charge in [0.15, 0.2) is 0 Å². The largest absolute Gasteiger partial charge is 0.481 e. The Balaban J connectivity index is 1.04. The fraction of sp³-hybridized carbons (Fsp3) is 0.410. The number of aryl methyl sites for hydroxylation is 1. The van der Waals surface area contributed by atoms with Gasteiger partial charge in [0.2, 0.25) is 23.6 Å². The molecule has 12 heteroatoms. The molecule has 4 aliphatic rings. The van der Waals surface area contributed by atoms with Gasteiger partial charge in [0.25, 0.3) is 0 Å². The van der Waals surface area contributed by atoms with Gasteiger partial charge in [0, 0.05) is 73.4 Å². The molecule has 3 aliphatic heterocycles. The number of methoxy groups -OCH3 is 2. The normalized spacial score (nSPS) is 20.6. The molecule has 2 aromatic heterocycles. The first kappa shape index (κ1) is 33.2. The van der Waals surface area contributed by atoms with Gasteiger partial charge in [-0.15, -0.1) is 0 Å². The molecule has 2 amide bonds. The maximum atomic E-state index is 16.6. The number of benzene rings is 2. The molecule has 11 nitrogen and oxygen atoms in total. The summed E-state index contributed by atoms with van der Waals surface area (Å²) in [6, 6.07) is 13.3. The van der Waals surface area contributed by atoms with Crippen LogP contribution in [0.15, 0.2) is 48.7 Å². The lowest BCUT2D eigenvalue weighted by atomic mass is 9.88. The van der Waals surface area contributed by atoms with Crippen molar-refractivity contribution in [2.75, 3.05) is 33.9 Å². The number of amides is 2. The minimum Gasteiger partial charge on any atom is -0.481 e. The summed E-state index contributed by atoms with van der Waals surface area (Å²) in [5.41, 5.74) is 7.19. The van der Waals surface area contributed by atoms with Gasteiger partial charge in [0.1, 0.15) is 11.5 Å². The predicted molar refractivity (Wildman–Crippen MR) is 190 cm³/mol. The molecule has 0 saturated carbocycles. The first-order valence-corrected chi connectivity index (χ1v) is 17.7. The lowest BCUT2D eigenvalue weighted by Gasteiger charge is -2.47. The van der Waals surface area contributed by atoms with Crippen LogP contribution in [0.3, 0.4) is 0 Å². The molecule has 2 unspecified atom stereocenters. The van der Waals surface area contributed by atoms with E-state index in [2.05, 4.69) is 20.9 Å². The second-order valence-corrected chi connectivity index (χ2v) is 14.2. The zero-order valence-corrected chi connectivity index (χ0v) is 29.1. The fourth-order valence-corrected chi connectivity index (χ4v) is 8.30. The Morgan fingerprint density at radius 1 is 0.922 bits per heavy atom. The third kappa shape index (κ3) is 6.20. The summed E-state index contributed by atoms with van der Waals surface area (Å²) in [6.45, 7) is 4.79. The van der Waals surface area contributed by atoms with Crippen LogP contribution in [0.1, 0.15) is 60.5 Å². The van der Waals surface area contributed by atoms with E-state index in [0.717, 1.165) is 72.3 Å². The van der Waals surface area contributed by atoms with Crippen LogP contribution in [0.5, 0.6) is 11.8 Å². The molecule has 0 radical (unpaired) electrons. The number of rotatable bonds is 10. The average molecular weight is 692 g/mol. The Bertz CT molecular complexity index is 2030. The third-order valence-electron chi connectivity index (χ3n) is 10.9. The molecule has 2 aromatic carbocycles. The van der Waals surface area contributed by atoms with Crippen molar-refractivity contribution >= 4 is 11.8 Å². The first-order valence-electron chi connectivity index (χ1n) is 17.7. The number of likely N-dealkylation sites (tertiary alicyclic amines) is 1. The third-order valence-corrected chi connectivity index (χ3v) is 10.9. The number of carbonyl (C=O) groups excluding carboxylic acids is 2. The number of carbonyl (C=O) groups is 2. The maximum Gasteiger partial charge on any atom is 0.237 e. The molecule has 5 heterocycles. The SMILES string of the molecule is COc1nc(-c2cccc(-c3cccc(-c4cc5c(c(OC)n4)C(NCC4CCC(=O)N4)CC5)c3F)c2C)cnc1CN1CC2(CCC(=O)N2)C1. The molecule has 3 fully saturated rings. The summed E-state index contributed by atoms with van der Waals surface area (Å²) >= 11 is 0. The highest BCUT2D eigenvalue weighted by Crippen LogP contribution is 2.41. The topological polar surface area (TPSA) is 131 Å². The monoisotopic (exact) mass is 691 g/mol. The maximum absolute atomic E-state index is 16.6. The second kappa shape index (κ2) is 13.3. The van der Waals surface area contributed by atoms with Crippen LogP contribution >= 0.6 is 0 Å².